The lowest BCUT2D eigenvalue weighted by molar-refractivity contribution is -0.142. The molecule has 2 aromatic carbocycles. The Labute approximate surface area is 206 Å². The van der Waals surface area contributed by atoms with E-state index < -0.39 is 34.0 Å². The van der Waals surface area contributed by atoms with E-state index in [1.54, 1.807) is 42.5 Å². The van der Waals surface area contributed by atoms with Gasteiger partial charge in [-0.05, 0) is 42.5 Å². The summed E-state index contributed by atoms with van der Waals surface area (Å²) in [6, 6.07) is 12.8. The van der Waals surface area contributed by atoms with E-state index in [4.69, 9.17) is 0 Å². The van der Waals surface area contributed by atoms with E-state index in [0.717, 1.165) is 22.7 Å². The number of sulfonamides is 1. The van der Waals surface area contributed by atoms with Crippen molar-refractivity contribution in [3.63, 3.8) is 0 Å². The minimum absolute atomic E-state index is 0.0449. The van der Waals surface area contributed by atoms with E-state index in [1.165, 1.54) is 12.1 Å². The number of nitrogens with zero attached hydrogens (tertiary/aromatic N) is 1. The molecule has 2 aromatic rings. The van der Waals surface area contributed by atoms with E-state index in [9.17, 15) is 27.9 Å². The zero-order valence-corrected chi connectivity index (χ0v) is 20.7. The zero-order valence-electron chi connectivity index (χ0n) is 19.9. The predicted molar refractivity (Wildman–Crippen MR) is 131 cm³/mol. The van der Waals surface area contributed by atoms with Gasteiger partial charge in [0.15, 0.2) is 0 Å². The monoisotopic (exact) mass is 500 g/mol. The van der Waals surface area contributed by atoms with Crippen LogP contribution in [0.1, 0.15) is 50.2 Å². The van der Waals surface area contributed by atoms with E-state index in [0.29, 0.717) is 31.2 Å². The van der Waals surface area contributed by atoms with E-state index in [1.807, 2.05) is 6.92 Å². The molecule has 188 valence electrons. The van der Waals surface area contributed by atoms with Crippen molar-refractivity contribution in [3.05, 3.63) is 65.7 Å². The number of nitrogens with one attached hydrogen (secondary N) is 1. The molecule has 2 N–H and O–H groups in total. The van der Waals surface area contributed by atoms with Crippen molar-refractivity contribution < 1.29 is 27.9 Å². The van der Waals surface area contributed by atoms with Gasteiger partial charge in [0, 0.05) is 25.8 Å². The minimum atomic E-state index is -3.87. The topological polar surface area (TPSA) is 121 Å². The van der Waals surface area contributed by atoms with Crippen molar-refractivity contribution in [2.75, 3.05) is 6.54 Å². The molecule has 1 aliphatic rings. The number of unbranched alkanes of at least 4 members (excludes halogenated alkanes) is 1. The lowest BCUT2D eigenvalue weighted by Gasteiger charge is -2.25. The van der Waals surface area contributed by atoms with Crippen LogP contribution in [-0.4, -0.2) is 54.1 Å². The molecule has 35 heavy (non-hydrogen) atoms. The quantitative estimate of drug-likeness (QED) is 0.462. The van der Waals surface area contributed by atoms with Gasteiger partial charge in [0.1, 0.15) is 17.9 Å². The van der Waals surface area contributed by atoms with Gasteiger partial charge >= 0.3 is 5.97 Å². The second kappa shape index (κ2) is 12.1. The molecule has 0 saturated carbocycles. The number of ketones is 1. The van der Waals surface area contributed by atoms with E-state index in [-0.39, 0.29) is 23.6 Å². The maximum absolute atomic E-state index is 13.0. The number of carbonyl (C=O) groups excluding carboxylic acids is 2. The van der Waals surface area contributed by atoms with Crippen molar-refractivity contribution in [2.24, 2.45) is 0 Å². The molecule has 3 rings (SSSR count). The molecule has 1 aliphatic heterocycles. The lowest BCUT2D eigenvalue weighted by Crippen LogP contribution is -2.51. The molecular weight excluding hydrogens is 468 g/mol. The first kappa shape index (κ1) is 26.6. The number of hydrogen-bond acceptors (Lipinski definition) is 5. The van der Waals surface area contributed by atoms with Gasteiger partial charge in [-0.25, -0.2) is 13.2 Å². The minimum Gasteiger partial charge on any atom is -0.480 e. The zero-order chi connectivity index (χ0) is 25.4. The van der Waals surface area contributed by atoms with Crippen LogP contribution >= 0.6 is 0 Å². The van der Waals surface area contributed by atoms with Crippen molar-refractivity contribution in [2.45, 2.75) is 68.8 Å². The molecule has 2 unspecified atom stereocenters. The number of carboxylic acids is 1. The van der Waals surface area contributed by atoms with Crippen molar-refractivity contribution in [1.29, 1.82) is 0 Å². The summed E-state index contributed by atoms with van der Waals surface area (Å²) >= 11 is 0. The molecule has 1 saturated heterocycles. The van der Waals surface area contributed by atoms with Crippen LogP contribution in [0.2, 0.25) is 0 Å². The van der Waals surface area contributed by atoms with Gasteiger partial charge in [0.2, 0.25) is 15.9 Å². The Morgan fingerprint density at radius 2 is 1.71 bits per heavy atom. The third-order valence-corrected chi connectivity index (χ3v) is 8.07. The number of carbonyl (C=O) groups is 3. The van der Waals surface area contributed by atoms with Crippen molar-refractivity contribution >= 4 is 27.7 Å². The van der Waals surface area contributed by atoms with Crippen LogP contribution in [0.3, 0.4) is 0 Å². The van der Waals surface area contributed by atoms with Gasteiger partial charge in [-0.15, -0.1) is 0 Å². The van der Waals surface area contributed by atoms with Gasteiger partial charge in [-0.1, -0.05) is 55.8 Å². The van der Waals surface area contributed by atoms with Crippen LogP contribution in [0.4, 0.5) is 0 Å². The number of rotatable bonds is 12. The molecule has 1 amide bonds. The maximum atomic E-state index is 13.0. The maximum Gasteiger partial charge on any atom is 0.326 e. The smallest absolute Gasteiger partial charge is 0.326 e. The van der Waals surface area contributed by atoms with Gasteiger partial charge in [0.05, 0.1) is 4.90 Å². The fourth-order valence-corrected chi connectivity index (χ4v) is 5.88. The largest absolute Gasteiger partial charge is 0.480 e. The molecule has 0 spiro atoms. The Morgan fingerprint density at radius 1 is 1.06 bits per heavy atom. The summed E-state index contributed by atoms with van der Waals surface area (Å²) in [6.07, 6.45) is 3.59. The van der Waals surface area contributed by atoms with Crippen molar-refractivity contribution in [3.8, 4) is 0 Å². The number of carboxylic acid groups (broad SMARTS) is 1. The van der Waals surface area contributed by atoms with E-state index in [2.05, 4.69) is 5.32 Å². The highest BCUT2D eigenvalue weighted by molar-refractivity contribution is 7.89. The first-order valence-corrected chi connectivity index (χ1v) is 13.4. The summed E-state index contributed by atoms with van der Waals surface area (Å²) in [6.45, 7) is 2.23. The van der Waals surface area contributed by atoms with Crippen LogP contribution in [0, 0.1) is 0 Å². The molecular formula is C26H32N2O6S. The van der Waals surface area contributed by atoms with Gasteiger partial charge in [-0.2, -0.15) is 4.31 Å². The Kier molecular flexibility index (Phi) is 9.17. The average Bonchev–Trinajstić information content (AvgIpc) is 3.35. The highest BCUT2D eigenvalue weighted by atomic mass is 32.2. The van der Waals surface area contributed by atoms with Crippen LogP contribution in [-0.2, 0) is 37.2 Å². The average molecular weight is 501 g/mol. The van der Waals surface area contributed by atoms with Gasteiger partial charge in [0.25, 0.3) is 0 Å². The van der Waals surface area contributed by atoms with Gasteiger partial charge < -0.3 is 10.4 Å². The third-order valence-electron chi connectivity index (χ3n) is 6.14. The number of benzene rings is 2. The molecule has 2 atom stereocenters. The van der Waals surface area contributed by atoms with Gasteiger partial charge in [-0.3, -0.25) is 9.59 Å². The Hall–Kier alpha value is -3.04. The Morgan fingerprint density at radius 3 is 2.34 bits per heavy atom. The molecule has 9 heteroatoms. The lowest BCUT2D eigenvalue weighted by atomic mass is 10.0. The molecule has 0 bridgehead atoms. The number of Topliss-reactive ketones (excluding diaryl/α,β-unsaturated/α-hetero) is 1. The van der Waals surface area contributed by atoms with Crippen LogP contribution in [0.5, 0.6) is 0 Å². The Bertz CT molecular complexity index is 1130. The normalized spacial score (nSPS) is 17.1. The Balaban J connectivity index is 1.65. The van der Waals surface area contributed by atoms with Crippen LogP contribution in [0.25, 0.3) is 0 Å². The summed E-state index contributed by atoms with van der Waals surface area (Å²) in [5, 5.41) is 12.2. The summed E-state index contributed by atoms with van der Waals surface area (Å²) in [5.41, 5.74) is 1.56. The summed E-state index contributed by atoms with van der Waals surface area (Å²) in [5.74, 6) is -1.65. The highest BCUT2D eigenvalue weighted by Gasteiger charge is 2.40. The number of aliphatic carboxylic acids is 1. The predicted octanol–water partition coefficient (Wildman–Crippen LogP) is 2.95. The first-order valence-electron chi connectivity index (χ1n) is 11.9. The fraction of sp³-hybridized carbons (Fsp3) is 0.423. The molecule has 0 aliphatic carbocycles. The fourth-order valence-electron chi connectivity index (χ4n) is 4.20. The van der Waals surface area contributed by atoms with Crippen LogP contribution in [0.15, 0.2) is 59.5 Å². The summed E-state index contributed by atoms with van der Waals surface area (Å²) in [7, 11) is -3.87. The number of hydrogen-bond donors (Lipinski definition) is 2. The molecule has 0 aromatic heterocycles. The summed E-state index contributed by atoms with van der Waals surface area (Å²) in [4.78, 5) is 36.9. The molecule has 1 heterocycles. The highest BCUT2D eigenvalue weighted by Crippen LogP contribution is 2.26. The SMILES string of the molecule is CCCCC(=O)Cc1ccc(CC(NC(=O)C2CCCN2S(=O)(=O)c2ccccc2)C(=O)O)cc1. The first-order chi connectivity index (χ1) is 16.7. The molecule has 0 radical (unpaired) electrons. The second-order valence-corrected chi connectivity index (χ2v) is 10.7. The molecule has 8 nitrogen and oxygen atoms in total. The van der Waals surface area contributed by atoms with E-state index >= 15 is 0 Å². The van der Waals surface area contributed by atoms with Crippen LogP contribution < -0.4 is 5.32 Å². The third kappa shape index (κ3) is 6.99. The standard InChI is InChI=1S/C26H32N2O6S/c1-2-3-8-21(29)17-19-12-14-20(15-13-19)18-23(26(31)32)27-25(30)24-11-7-16-28(24)35(33,34)22-9-5-4-6-10-22/h4-6,9-10,12-15,23-24H,2-3,7-8,11,16-18H2,1H3,(H,27,30)(H,31,32). The molecule has 1 fully saturated rings. The number of amides is 1. The van der Waals surface area contributed by atoms with Crippen molar-refractivity contribution in [1.82, 2.24) is 9.62 Å². The second-order valence-electron chi connectivity index (χ2n) is 8.83. The summed E-state index contributed by atoms with van der Waals surface area (Å²) < 4.78 is 27.2.